The highest BCUT2D eigenvalue weighted by Gasteiger charge is 2.58. The van der Waals surface area contributed by atoms with Gasteiger partial charge in [0.25, 0.3) is 0 Å². The fourth-order valence-corrected chi connectivity index (χ4v) is 7.91. The van der Waals surface area contributed by atoms with Crippen LogP contribution in [0.3, 0.4) is 0 Å². The lowest BCUT2D eigenvalue weighted by molar-refractivity contribution is -0.148. The zero-order chi connectivity index (χ0) is 19.4. The number of hydrogen-bond acceptors (Lipinski definition) is 2. The number of rotatable bonds is 2. The summed E-state index contributed by atoms with van der Waals surface area (Å²) >= 11 is 0. The van der Waals surface area contributed by atoms with Crippen LogP contribution in [0.2, 0.25) is 0 Å². The molecular weight excluding hydrogens is 332 g/mol. The molecule has 0 heterocycles. The third kappa shape index (κ3) is 2.93. The minimum absolute atomic E-state index is 0.112. The molecule has 0 aromatic heterocycles. The molecule has 0 saturated heterocycles. The lowest BCUT2D eigenvalue weighted by atomic mass is 9.47. The van der Waals surface area contributed by atoms with Crippen LogP contribution in [0.25, 0.3) is 0 Å². The molecule has 0 radical (unpaired) electrons. The van der Waals surface area contributed by atoms with Crippen molar-refractivity contribution in [2.75, 3.05) is 0 Å². The maximum absolute atomic E-state index is 11.4. The van der Waals surface area contributed by atoms with Crippen LogP contribution in [-0.4, -0.2) is 12.1 Å². The summed E-state index contributed by atoms with van der Waals surface area (Å²) in [6.07, 6.45) is 15.1. The number of esters is 1. The molecule has 0 aliphatic heterocycles. The highest BCUT2D eigenvalue weighted by molar-refractivity contribution is 5.66. The molecule has 0 bridgehead atoms. The van der Waals surface area contributed by atoms with Crippen LogP contribution < -0.4 is 0 Å². The van der Waals surface area contributed by atoms with E-state index in [1.165, 1.54) is 38.5 Å². The molecule has 4 aliphatic carbocycles. The molecule has 0 amide bonds. The van der Waals surface area contributed by atoms with Gasteiger partial charge in [0.1, 0.15) is 6.10 Å². The van der Waals surface area contributed by atoms with E-state index < -0.39 is 0 Å². The Labute approximate surface area is 165 Å². The molecular formula is C25H38O2. The molecule has 0 spiro atoms. The molecule has 3 fully saturated rings. The molecule has 27 heavy (non-hydrogen) atoms. The van der Waals surface area contributed by atoms with E-state index in [1.807, 2.05) is 0 Å². The van der Waals surface area contributed by atoms with E-state index in [0.717, 1.165) is 36.5 Å². The number of carbonyl (C=O) groups is 1. The summed E-state index contributed by atoms with van der Waals surface area (Å²) in [7, 11) is 0. The summed E-state index contributed by atoms with van der Waals surface area (Å²) in [5, 5.41) is 0. The molecule has 150 valence electrons. The van der Waals surface area contributed by atoms with Crippen molar-refractivity contribution in [3.63, 3.8) is 0 Å². The fourth-order valence-electron chi connectivity index (χ4n) is 7.91. The van der Waals surface area contributed by atoms with Gasteiger partial charge in [-0.15, -0.1) is 0 Å². The second-order valence-corrected chi connectivity index (χ2v) is 10.4. The molecule has 0 aromatic carbocycles. The van der Waals surface area contributed by atoms with Gasteiger partial charge in [-0.3, -0.25) is 4.79 Å². The third-order valence-electron chi connectivity index (χ3n) is 9.40. The van der Waals surface area contributed by atoms with E-state index in [1.54, 1.807) is 18.1 Å². The van der Waals surface area contributed by atoms with E-state index in [4.69, 9.17) is 4.74 Å². The summed E-state index contributed by atoms with van der Waals surface area (Å²) < 4.78 is 5.57. The monoisotopic (exact) mass is 370 g/mol. The zero-order valence-corrected chi connectivity index (χ0v) is 18.0. The number of fused-ring (bicyclic) bond motifs is 5. The van der Waals surface area contributed by atoms with Crippen molar-refractivity contribution >= 4 is 5.97 Å². The number of carbonyl (C=O) groups excluding carboxylic acids is 1. The molecule has 1 unspecified atom stereocenters. The molecule has 7 atom stereocenters. The predicted molar refractivity (Wildman–Crippen MR) is 110 cm³/mol. The predicted octanol–water partition coefficient (Wildman–Crippen LogP) is 6.46. The first-order valence-corrected chi connectivity index (χ1v) is 11.3. The van der Waals surface area contributed by atoms with Gasteiger partial charge in [0.15, 0.2) is 0 Å². The van der Waals surface area contributed by atoms with E-state index in [2.05, 4.69) is 39.8 Å². The van der Waals surface area contributed by atoms with Gasteiger partial charge in [-0.25, -0.2) is 0 Å². The Morgan fingerprint density at radius 1 is 1.11 bits per heavy atom. The summed E-state index contributed by atoms with van der Waals surface area (Å²) in [6, 6.07) is 0. The Kier molecular flexibility index (Phi) is 4.84. The lowest BCUT2D eigenvalue weighted by Gasteiger charge is -2.58. The first kappa shape index (κ1) is 19.3. The minimum Gasteiger partial charge on any atom is -0.462 e. The van der Waals surface area contributed by atoms with Crippen molar-refractivity contribution < 1.29 is 9.53 Å². The number of allylic oxidation sites excluding steroid dienone is 3. The van der Waals surface area contributed by atoms with Crippen molar-refractivity contribution in [2.45, 2.75) is 92.1 Å². The first-order chi connectivity index (χ1) is 12.8. The fraction of sp³-hybridized carbons (Fsp3) is 0.800. The SMILES string of the molecule is C/C=C(/C)[C@H]1CC[C@H]2[C@@H]3CC=C4CC(OC(C)=O)CC[C@]4(C)[C@H]3CC[C@]12C. The summed E-state index contributed by atoms with van der Waals surface area (Å²) in [5.74, 6) is 3.25. The standard InChI is InChI=1S/C25H38O2/c1-6-16(2)21-9-10-22-20-8-7-18-15-19(27-17(3)26)11-13-24(18,4)23(20)12-14-25(21,22)5/h6-7,19-23H,8-15H2,1-5H3/b16-6-/t19?,20-,21+,22-,23-,24-,25+/m0/s1. The molecule has 4 aliphatic rings. The van der Waals surface area contributed by atoms with Crippen LogP contribution in [0.5, 0.6) is 0 Å². The van der Waals surface area contributed by atoms with E-state index >= 15 is 0 Å². The van der Waals surface area contributed by atoms with Gasteiger partial charge in [-0.1, -0.05) is 37.1 Å². The summed E-state index contributed by atoms with van der Waals surface area (Å²) in [6.45, 7) is 11.3. The minimum atomic E-state index is -0.123. The van der Waals surface area contributed by atoms with Crippen LogP contribution in [-0.2, 0) is 9.53 Å². The highest BCUT2D eigenvalue weighted by atomic mass is 16.5. The second-order valence-electron chi connectivity index (χ2n) is 10.4. The largest absolute Gasteiger partial charge is 0.462 e. The Hall–Kier alpha value is -1.05. The third-order valence-corrected chi connectivity index (χ3v) is 9.40. The number of hydrogen-bond donors (Lipinski definition) is 0. The van der Waals surface area contributed by atoms with Crippen molar-refractivity contribution in [3.05, 3.63) is 23.3 Å². The van der Waals surface area contributed by atoms with Crippen molar-refractivity contribution in [2.24, 2.45) is 34.5 Å². The molecule has 2 heteroatoms. The Morgan fingerprint density at radius 2 is 1.89 bits per heavy atom. The number of ether oxygens (including phenoxy) is 1. The van der Waals surface area contributed by atoms with Crippen molar-refractivity contribution in [3.8, 4) is 0 Å². The van der Waals surface area contributed by atoms with Gasteiger partial charge >= 0.3 is 5.97 Å². The van der Waals surface area contributed by atoms with Crippen molar-refractivity contribution in [1.82, 2.24) is 0 Å². The molecule has 3 saturated carbocycles. The molecule has 2 nitrogen and oxygen atoms in total. The van der Waals surface area contributed by atoms with E-state index in [-0.39, 0.29) is 12.1 Å². The van der Waals surface area contributed by atoms with E-state index in [9.17, 15) is 4.79 Å². The Balaban J connectivity index is 1.58. The average molecular weight is 371 g/mol. The topological polar surface area (TPSA) is 26.3 Å². The lowest BCUT2D eigenvalue weighted by Crippen LogP contribution is -2.50. The maximum Gasteiger partial charge on any atom is 0.302 e. The Bertz CT molecular complexity index is 674. The molecule has 0 aromatic rings. The van der Waals surface area contributed by atoms with Gasteiger partial charge in [0, 0.05) is 13.3 Å². The van der Waals surface area contributed by atoms with Gasteiger partial charge < -0.3 is 4.74 Å². The second kappa shape index (κ2) is 6.78. The van der Waals surface area contributed by atoms with Crippen LogP contribution >= 0.6 is 0 Å². The maximum atomic E-state index is 11.4. The highest BCUT2D eigenvalue weighted by Crippen LogP contribution is 2.67. The van der Waals surface area contributed by atoms with Gasteiger partial charge in [-0.05, 0) is 93.3 Å². The molecule has 4 rings (SSSR count). The van der Waals surface area contributed by atoms with Gasteiger partial charge in [0.2, 0.25) is 0 Å². The van der Waals surface area contributed by atoms with Crippen LogP contribution in [0.15, 0.2) is 23.3 Å². The van der Waals surface area contributed by atoms with E-state index in [0.29, 0.717) is 10.8 Å². The van der Waals surface area contributed by atoms with Gasteiger partial charge in [-0.2, -0.15) is 0 Å². The van der Waals surface area contributed by atoms with Gasteiger partial charge in [0.05, 0.1) is 0 Å². The Morgan fingerprint density at radius 3 is 2.59 bits per heavy atom. The average Bonchev–Trinajstić information content (AvgIpc) is 2.98. The first-order valence-electron chi connectivity index (χ1n) is 11.3. The quantitative estimate of drug-likeness (QED) is 0.412. The van der Waals surface area contributed by atoms with Crippen molar-refractivity contribution in [1.29, 1.82) is 0 Å². The molecule has 0 N–H and O–H groups in total. The smallest absolute Gasteiger partial charge is 0.302 e. The van der Waals surface area contributed by atoms with Crippen LogP contribution in [0.1, 0.15) is 86.0 Å². The summed E-state index contributed by atoms with van der Waals surface area (Å²) in [5.41, 5.74) is 4.07. The normalized spacial score (nSPS) is 46.8. The zero-order valence-electron chi connectivity index (χ0n) is 18.0. The summed E-state index contributed by atoms with van der Waals surface area (Å²) in [4.78, 5) is 11.4. The van der Waals surface area contributed by atoms with Crippen LogP contribution in [0, 0.1) is 34.5 Å². The van der Waals surface area contributed by atoms with Crippen LogP contribution in [0.4, 0.5) is 0 Å².